The summed E-state index contributed by atoms with van der Waals surface area (Å²) < 4.78 is 10.4. The molecule has 0 aliphatic heterocycles. The third-order valence-electron chi connectivity index (χ3n) is 2.56. The van der Waals surface area contributed by atoms with Gasteiger partial charge in [0, 0.05) is 18.8 Å². The molecule has 1 heterocycles. The van der Waals surface area contributed by atoms with E-state index in [0.717, 1.165) is 24.3 Å². The highest BCUT2D eigenvalue weighted by atomic mass is 16.6. The van der Waals surface area contributed by atoms with Gasteiger partial charge in [0.15, 0.2) is 5.75 Å². The molecule has 0 unspecified atom stereocenters. The quantitative estimate of drug-likeness (QED) is 0.789. The molecule has 0 saturated heterocycles. The van der Waals surface area contributed by atoms with Gasteiger partial charge in [-0.2, -0.15) is 0 Å². The van der Waals surface area contributed by atoms with Crippen LogP contribution in [-0.4, -0.2) is 36.9 Å². The number of ether oxygens (including phenoxy) is 2. The summed E-state index contributed by atoms with van der Waals surface area (Å²) in [5.74, 6) is 0.709. The van der Waals surface area contributed by atoms with Gasteiger partial charge in [-0.15, -0.1) is 0 Å². The minimum atomic E-state index is -0.468. The summed E-state index contributed by atoms with van der Waals surface area (Å²) in [5, 5.41) is 5.99. The number of alkyl carbamates (subject to hydrolysis) is 1. The summed E-state index contributed by atoms with van der Waals surface area (Å²) in [6.45, 7) is 8.71. The fourth-order valence-electron chi connectivity index (χ4n) is 1.66. The number of aromatic nitrogens is 1. The lowest BCUT2D eigenvalue weighted by Gasteiger charge is -2.19. The first-order valence-electron chi connectivity index (χ1n) is 7.03. The van der Waals surface area contributed by atoms with Gasteiger partial charge in [0.05, 0.1) is 19.0 Å². The molecular formula is C15H25N3O3. The molecule has 0 fully saturated rings. The van der Waals surface area contributed by atoms with Crippen molar-refractivity contribution in [2.45, 2.75) is 39.7 Å². The third kappa shape index (κ3) is 6.83. The monoisotopic (exact) mass is 295 g/mol. The van der Waals surface area contributed by atoms with Gasteiger partial charge in [-0.3, -0.25) is 4.98 Å². The Hall–Kier alpha value is -1.98. The molecule has 1 aromatic heterocycles. The maximum absolute atomic E-state index is 11.5. The predicted octanol–water partition coefficient (Wildman–Crippen LogP) is 2.73. The molecule has 1 amide bonds. The molecule has 0 aromatic carbocycles. The number of hydrogen-bond acceptors (Lipinski definition) is 5. The first-order chi connectivity index (χ1) is 9.81. The van der Waals surface area contributed by atoms with Crippen molar-refractivity contribution in [1.82, 2.24) is 10.3 Å². The number of methoxy groups -OCH3 is 1. The number of rotatable bonds is 6. The van der Waals surface area contributed by atoms with E-state index in [2.05, 4.69) is 15.6 Å². The lowest BCUT2D eigenvalue weighted by atomic mass is 10.2. The van der Waals surface area contributed by atoms with Crippen LogP contribution in [0.25, 0.3) is 0 Å². The summed E-state index contributed by atoms with van der Waals surface area (Å²) >= 11 is 0. The van der Waals surface area contributed by atoms with Crippen molar-refractivity contribution >= 4 is 11.8 Å². The molecule has 0 aliphatic carbocycles. The molecule has 0 aliphatic rings. The SMILES string of the molecule is COc1cnc(C)cc1NCCCNC(=O)OC(C)(C)C. The van der Waals surface area contributed by atoms with Crippen LogP contribution in [0.5, 0.6) is 5.75 Å². The van der Waals surface area contributed by atoms with Crippen molar-refractivity contribution in [3.05, 3.63) is 18.0 Å². The maximum Gasteiger partial charge on any atom is 0.407 e. The van der Waals surface area contributed by atoms with Crippen LogP contribution in [0.2, 0.25) is 0 Å². The standard InChI is InChI=1S/C15H25N3O3/c1-11-9-12(13(20-5)10-18-11)16-7-6-8-17-14(19)21-15(2,3)4/h9-10H,6-8H2,1-5H3,(H,16,18)(H,17,19). The van der Waals surface area contributed by atoms with E-state index in [1.54, 1.807) is 13.3 Å². The molecule has 1 rings (SSSR count). The van der Waals surface area contributed by atoms with Gasteiger partial charge < -0.3 is 20.1 Å². The molecule has 2 N–H and O–H groups in total. The topological polar surface area (TPSA) is 72.5 Å². The Balaban J connectivity index is 2.29. The molecule has 6 nitrogen and oxygen atoms in total. The van der Waals surface area contributed by atoms with Crippen LogP contribution in [0.15, 0.2) is 12.3 Å². The number of carbonyl (C=O) groups excluding carboxylic acids is 1. The third-order valence-corrected chi connectivity index (χ3v) is 2.56. The predicted molar refractivity (Wildman–Crippen MR) is 82.9 cm³/mol. The molecule has 118 valence electrons. The first-order valence-corrected chi connectivity index (χ1v) is 7.03. The van der Waals surface area contributed by atoms with Crippen molar-refractivity contribution in [2.24, 2.45) is 0 Å². The maximum atomic E-state index is 11.5. The van der Waals surface area contributed by atoms with Gasteiger partial charge in [0.2, 0.25) is 0 Å². The summed E-state index contributed by atoms with van der Waals surface area (Å²) in [6, 6.07) is 1.93. The van der Waals surface area contributed by atoms with E-state index >= 15 is 0 Å². The Labute approximate surface area is 126 Å². The van der Waals surface area contributed by atoms with E-state index in [1.165, 1.54) is 0 Å². The fourth-order valence-corrected chi connectivity index (χ4v) is 1.66. The van der Waals surface area contributed by atoms with Crippen LogP contribution >= 0.6 is 0 Å². The van der Waals surface area contributed by atoms with Crippen molar-refractivity contribution in [3.63, 3.8) is 0 Å². The van der Waals surface area contributed by atoms with Gasteiger partial charge in [0.25, 0.3) is 0 Å². The van der Waals surface area contributed by atoms with Gasteiger partial charge in [-0.05, 0) is 40.2 Å². The number of aryl methyl sites for hydroxylation is 1. The molecular weight excluding hydrogens is 270 g/mol. The number of pyridine rings is 1. The fraction of sp³-hybridized carbons (Fsp3) is 0.600. The van der Waals surface area contributed by atoms with Crippen molar-refractivity contribution in [2.75, 3.05) is 25.5 Å². The number of nitrogens with zero attached hydrogens (tertiary/aromatic N) is 1. The van der Waals surface area contributed by atoms with Crippen LogP contribution in [0, 0.1) is 6.92 Å². The Bertz CT molecular complexity index is 470. The minimum absolute atomic E-state index is 0.389. The van der Waals surface area contributed by atoms with Crippen LogP contribution < -0.4 is 15.4 Å². The summed E-state index contributed by atoms with van der Waals surface area (Å²) in [5.41, 5.74) is 1.36. The second kappa shape index (κ2) is 7.71. The van der Waals surface area contributed by atoms with Crippen molar-refractivity contribution < 1.29 is 14.3 Å². The Kier molecular flexibility index (Phi) is 6.27. The Morgan fingerprint density at radius 3 is 2.67 bits per heavy atom. The molecule has 0 atom stereocenters. The van der Waals surface area contributed by atoms with E-state index in [9.17, 15) is 4.79 Å². The largest absolute Gasteiger partial charge is 0.493 e. The van der Waals surface area contributed by atoms with Crippen LogP contribution in [0.3, 0.4) is 0 Å². The zero-order chi connectivity index (χ0) is 15.9. The normalized spacial score (nSPS) is 10.9. The van der Waals surface area contributed by atoms with Gasteiger partial charge in [0.1, 0.15) is 5.60 Å². The van der Waals surface area contributed by atoms with Crippen molar-refractivity contribution in [1.29, 1.82) is 0 Å². The highest BCUT2D eigenvalue weighted by Gasteiger charge is 2.15. The number of nitrogens with one attached hydrogen (secondary N) is 2. The van der Waals surface area contributed by atoms with E-state index in [4.69, 9.17) is 9.47 Å². The molecule has 0 radical (unpaired) electrons. The van der Waals surface area contributed by atoms with Crippen LogP contribution in [0.4, 0.5) is 10.5 Å². The molecule has 0 saturated carbocycles. The Morgan fingerprint density at radius 1 is 1.33 bits per heavy atom. The lowest BCUT2D eigenvalue weighted by molar-refractivity contribution is 0.0528. The average molecular weight is 295 g/mol. The van der Waals surface area contributed by atoms with E-state index in [-0.39, 0.29) is 6.09 Å². The zero-order valence-electron chi connectivity index (χ0n) is 13.4. The average Bonchev–Trinajstić information content (AvgIpc) is 2.36. The number of amides is 1. The number of carbonyl (C=O) groups is 1. The van der Waals surface area contributed by atoms with Gasteiger partial charge in [-0.1, -0.05) is 0 Å². The minimum Gasteiger partial charge on any atom is -0.493 e. The first kappa shape index (κ1) is 17.1. The Morgan fingerprint density at radius 2 is 2.05 bits per heavy atom. The number of hydrogen-bond donors (Lipinski definition) is 2. The molecule has 0 spiro atoms. The van der Waals surface area contributed by atoms with E-state index in [0.29, 0.717) is 12.3 Å². The van der Waals surface area contributed by atoms with Gasteiger partial charge >= 0.3 is 6.09 Å². The van der Waals surface area contributed by atoms with E-state index < -0.39 is 5.60 Å². The second-order valence-electron chi connectivity index (χ2n) is 5.73. The summed E-state index contributed by atoms with van der Waals surface area (Å²) in [7, 11) is 1.61. The molecule has 6 heteroatoms. The smallest absolute Gasteiger partial charge is 0.407 e. The van der Waals surface area contributed by atoms with Crippen molar-refractivity contribution in [3.8, 4) is 5.75 Å². The molecule has 21 heavy (non-hydrogen) atoms. The van der Waals surface area contributed by atoms with E-state index in [1.807, 2.05) is 33.8 Å². The molecule has 0 bridgehead atoms. The summed E-state index contributed by atoms with van der Waals surface area (Å²) in [4.78, 5) is 15.6. The summed E-state index contributed by atoms with van der Waals surface area (Å²) in [6.07, 6.45) is 2.08. The zero-order valence-corrected chi connectivity index (χ0v) is 13.4. The van der Waals surface area contributed by atoms with Crippen LogP contribution in [0.1, 0.15) is 32.9 Å². The van der Waals surface area contributed by atoms with Crippen LogP contribution in [-0.2, 0) is 4.74 Å². The number of anilines is 1. The highest BCUT2D eigenvalue weighted by Crippen LogP contribution is 2.23. The molecule has 1 aromatic rings. The lowest BCUT2D eigenvalue weighted by Crippen LogP contribution is -2.33. The van der Waals surface area contributed by atoms with Gasteiger partial charge in [-0.25, -0.2) is 4.79 Å². The second-order valence-corrected chi connectivity index (χ2v) is 5.73. The highest BCUT2D eigenvalue weighted by molar-refractivity contribution is 5.67.